The van der Waals surface area contributed by atoms with Crippen LogP contribution in [0.4, 0.5) is 0 Å². The molecule has 0 amide bonds. The normalized spacial score (nSPS) is 10.4. The Bertz CT molecular complexity index is 566. The van der Waals surface area contributed by atoms with Gasteiger partial charge >= 0.3 is 0 Å². The molecule has 0 saturated heterocycles. The van der Waals surface area contributed by atoms with Gasteiger partial charge in [-0.3, -0.25) is 4.79 Å². The van der Waals surface area contributed by atoms with Gasteiger partial charge in [-0.15, -0.1) is 0 Å². The van der Waals surface area contributed by atoms with E-state index in [1.165, 1.54) is 6.07 Å². The molecule has 0 bridgehead atoms. The lowest BCUT2D eigenvalue weighted by Gasteiger charge is -2.06. The third-order valence-electron chi connectivity index (χ3n) is 2.14. The second-order valence-corrected chi connectivity index (χ2v) is 4.06. The summed E-state index contributed by atoms with van der Waals surface area (Å²) in [6.45, 7) is 0.392. The molecule has 0 aliphatic heterocycles. The van der Waals surface area contributed by atoms with E-state index in [1.807, 2.05) is 0 Å². The van der Waals surface area contributed by atoms with Crippen LogP contribution < -0.4 is 5.56 Å². The van der Waals surface area contributed by atoms with Crippen LogP contribution in [0, 0.1) is 0 Å². The average Bonchev–Trinajstić information content (AvgIpc) is 2.25. The number of halogens is 2. The maximum absolute atomic E-state index is 11.5. The van der Waals surface area contributed by atoms with E-state index >= 15 is 0 Å². The smallest absolute Gasteiger partial charge is 0.250 e. The summed E-state index contributed by atoms with van der Waals surface area (Å²) in [5.74, 6) is 0. The van der Waals surface area contributed by atoms with Crippen molar-refractivity contribution in [3.8, 4) is 0 Å². The fourth-order valence-electron chi connectivity index (χ4n) is 1.33. The van der Waals surface area contributed by atoms with Crippen molar-refractivity contribution in [2.75, 3.05) is 0 Å². The Hall–Kier alpha value is -1.32. The van der Waals surface area contributed by atoms with Crippen LogP contribution in [-0.4, -0.2) is 9.55 Å². The molecule has 0 atom stereocenters. The third-order valence-corrected chi connectivity index (χ3v) is 2.69. The number of aromatic nitrogens is 2. The molecule has 0 radical (unpaired) electrons. The lowest BCUT2D eigenvalue weighted by Crippen LogP contribution is -2.18. The molecule has 2 rings (SSSR count). The first kappa shape index (κ1) is 11.2. The molecule has 3 nitrogen and oxygen atoms in total. The molecule has 5 heteroatoms. The lowest BCUT2D eigenvalue weighted by molar-refractivity contribution is 0.756. The van der Waals surface area contributed by atoms with E-state index in [2.05, 4.69) is 4.98 Å². The van der Waals surface area contributed by atoms with Crippen LogP contribution in [0.15, 0.2) is 41.5 Å². The largest absolute Gasteiger partial charge is 0.311 e. The summed E-state index contributed by atoms with van der Waals surface area (Å²) >= 11 is 11.7. The minimum atomic E-state index is -0.0754. The Morgan fingerprint density at radius 2 is 2.12 bits per heavy atom. The summed E-state index contributed by atoms with van der Waals surface area (Å²) < 4.78 is 1.55. The quantitative estimate of drug-likeness (QED) is 0.773. The van der Waals surface area contributed by atoms with E-state index in [4.69, 9.17) is 23.2 Å². The van der Waals surface area contributed by atoms with Gasteiger partial charge in [-0.05, 0) is 12.1 Å². The average molecular weight is 255 g/mol. The number of hydrogen-bond donors (Lipinski definition) is 0. The Balaban J connectivity index is 2.35. The van der Waals surface area contributed by atoms with Crippen LogP contribution in [0.5, 0.6) is 0 Å². The van der Waals surface area contributed by atoms with Gasteiger partial charge in [-0.25, -0.2) is 4.98 Å². The van der Waals surface area contributed by atoms with E-state index in [0.717, 1.165) is 5.56 Å². The summed E-state index contributed by atoms with van der Waals surface area (Å²) in [4.78, 5) is 15.4. The highest BCUT2D eigenvalue weighted by Gasteiger charge is 2.03. The molecule has 16 heavy (non-hydrogen) atoms. The van der Waals surface area contributed by atoms with E-state index < -0.39 is 0 Å². The summed E-state index contributed by atoms with van der Waals surface area (Å²) in [5.41, 5.74) is 0.688. The van der Waals surface area contributed by atoms with Crippen molar-refractivity contribution in [3.05, 3.63) is 62.8 Å². The van der Waals surface area contributed by atoms with Gasteiger partial charge in [0, 0.05) is 24.0 Å². The van der Waals surface area contributed by atoms with Crippen LogP contribution in [0.3, 0.4) is 0 Å². The Labute approximate surface area is 102 Å². The van der Waals surface area contributed by atoms with Crippen LogP contribution in [0.25, 0.3) is 0 Å². The van der Waals surface area contributed by atoms with Gasteiger partial charge in [0.15, 0.2) is 0 Å². The van der Waals surface area contributed by atoms with E-state index in [-0.39, 0.29) is 5.56 Å². The van der Waals surface area contributed by atoms with Crippen LogP contribution >= 0.6 is 23.2 Å². The first-order chi connectivity index (χ1) is 7.66. The molecule has 2 aromatic rings. The van der Waals surface area contributed by atoms with Crippen LogP contribution in [0.2, 0.25) is 10.2 Å². The highest BCUT2D eigenvalue weighted by molar-refractivity contribution is 6.34. The number of nitrogens with zero attached hydrogens (tertiary/aromatic N) is 2. The van der Waals surface area contributed by atoms with Gasteiger partial charge in [0.1, 0.15) is 5.15 Å². The molecule has 0 fully saturated rings. The lowest BCUT2D eigenvalue weighted by atomic mass is 10.3. The summed E-state index contributed by atoms with van der Waals surface area (Å²) in [5, 5.41) is 0.852. The summed E-state index contributed by atoms with van der Waals surface area (Å²) in [6, 6.07) is 6.54. The molecule has 2 aromatic heterocycles. The SMILES string of the molecule is O=c1ccccn1Cc1cnc(Cl)cc1Cl. The predicted molar refractivity (Wildman–Crippen MR) is 64.1 cm³/mol. The molecule has 2 heterocycles. The molecule has 0 saturated carbocycles. The van der Waals surface area contributed by atoms with Gasteiger partial charge in [-0.2, -0.15) is 0 Å². The van der Waals surface area contributed by atoms with Gasteiger partial charge in [-0.1, -0.05) is 29.3 Å². The highest BCUT2D eigenvalue weighted by atomic mass is 35.5. The van der Waals surface area contributed by atoms with Crippen LogP contribution in [0.1, 0.15) is 5.56 Å². The summed E-state index contributed by atoms with van der Waals surface area (Å²) in [6.07, 6.45) is 3.28. The third kappa shape index (κ3) is 2.43. The van der Waals surface area contributed by atoms with E-state index in [9.17, 15) is 4.79 Å². The minimum Gasteiger partial charge on any atom is -0.311 e. The number of pyridine rings is 2. The molecule has 0 aliphatic carbocycles. The van der Waals surface area contributed by atoms with Gasteiger partial charge in [0.25, 0.3) is 5.56 Å². The zero-order valence-corrected chi connectivity index (χ0v) is 9.74. The molecular weight excluding hydrogens is 247 g/mol. The first-order valence-electron chi connectivity index (χ1n) is 4.62. The maximum atomic E-state index is 11.5. The zero-order valence-electron chi connectivity index (χ0n) is 8.23. The van der Waals surface area contributed by atoms with E-state index in [1.54, 1.807) is 35.2 Å². The van der Waals surface area contributed by atoms with Gasteiger partial charge < -0.3 is 4.57 Å². The standard InChI is InChI=1S/C11H8Cl2N2O/c12-9-5-10(13)14-6-8(9)7-15-4-2-1-3-11(15)16/h1-6H,7H2. The molecule has 0 aromatic carbocycles. The number of rotatable bonds is 2. The topological polar surface area (TPSA) is 34.9 Å². The van der Waals surface area contributed by atoms with Crippen molar-refractivity contribution in [2.45, 2.75) is 6.54 Å². The fraction of sp³-hybridized carbons (Fsp3) is 0.0909. The second-order valence-electron chi connectivity index (χ2n) is 3.27. The van der Waals surface area contributed by atoms with Crippen molar-refractivity contribution < 1.29 is 0 Å². The molecule has 0 aliphatic rings. The van der Waals surface area contributed by atoms with E-state index in [0.29, 0.717) is 16.7 Å². The summed E-state index contributed by atoms with van der Waals surface area (Å²) in [7, 11) is 0. The van der Waals surface area contributed by atoms with Gasteiger partial charge in [0.2, 0.25) is 0 Å². The predicted octanol–water partition coefficient (Wildman–Crippen LogP) is 2.60. The van der Waals surface area contributed by atoms with Crippen LogP contribution in [-0.2, 0) is 6.54 Å². The van der Waals surface area contributed by atoms with Crippen molar-refractivity contribution in [3.63, 3.8) is 0 Å². The molecule has 0 spiro atoms. The van der Waals surface area contributed by atoms with Crippen molar-refractivity contribution in [2.24, 2.45) is 0 Å². The maximum Gasteiger partial charge on any atom is 0.250 e. The second kappa shape index (κ2) is 4.68. The van der Waals surface area contributed by atoms with Crippen molar-refractivity contribution in [1.82, 2.24) is 9.55 Å². The number of hydrogen-bond acceptors (Lipinski definition) is 2. The fourth-order valence-corrected chi connectivity index (χ4v) is 1.75. The Morgan fingerprint density at radius 3 is 2.81 bits per heavy atom. The molecule has 0 unspecified atom stereocenters. The van der Waals surface area contributed by atoms with Crippen molar-refractivity contribution >= 4 is 23.2 Å². The molecule has 0 N–H and O–H groups in total. The Morgan fingerprint density at radius 1 is 1.31 bits per heavy atom. The highest BCUT2D eigenvalue weighted by Crippen LogP contribution is 2.18. The monoisotopic (exact) mass is 254 g/mol. The first-order valence-corrected chi connectivity index (χ1v) is 5.38. The van der Waals surface area contributed by atoms with Crippen molar-refractivity contribution in [1.29, 1.82) is 0 Å². The molecule has 82 valence electrons. The van der Waals surface area contributed by atoms with Gasteiger partial charge in [0.05, 0.1) is 11.6 Å². The minimum absolute atomic E-state index is 0.0754. The molecular formula is C11H8Cl2N2O. The zero-order chi connectivity index (χ0) is 11.5. The Kier molecular flexibility index (Phi) is 3.27.